The molecule has 2 rings (SSSR count). The van der Waals surface area contributed by atoms with Gasteiger partial charge in [-0.05, 0) is 43.4 Å². The van der Waals surface area contributed by atoms with E-state index >= 15 is 0 Å². The van der Waals surface area contributed by atoms with Crippen LogP contribution in [0.4, 0.5) is 11.4 Å². The van der Waals surface area contributed by atoms with Crippen molar-refractivity contribution in [2.45, 2.75) is 73.6 Å². The van der Waals surface area contributed by atoms with Crippen molar-refractivity contribution < 1.29 is 4.79 Å². The molecule has 0 aromatic heterocycles. The minimum atomic E-state index is -0.377. The average molecular weight is 331 g/mol. The molecule has 0 radical (unpaired) electrons. The summed E-state index contributed by atoms with van der Waals surface area (Å²) < 4.78 is 0. The van der Waals surface area contributed by atoms with Crippen molar-refractivity contribution in [3.05, 3.63) is 22.8 Å². The number of nitrogens with one attached hydrogen (secondary N) is 1. The van der Waals surface area contributed by atoms with Crippen LogP contribution in [0.1, 0.15) is 70.1 Å². The molecular weight excluding hydrogens is 296 g/mol. The molecule has 0 aliphatic carbocycles. The lowest BCUT2D eigenvalue weighted by Gasteiger charge is -2.25. The van der Waals surface area contributed by atoms with Gasteiger partial charge < -0.3 is 10.2 Å². The Balaban J connectivity index is 2.22. The highest BCUT2D eigenvalue weighted by molar-refractivity contribution is 5.97. The van der Waals surface area contributed by atoms with Gasteiger partial charge in [0.2, 0.25) is 5.91 Å². The third-order valence-corrected chi connectivity index (χ3v) is 4.99. The first-order valence-corrected chi connectivity index (χ1v) is 9.45. The van der Waals surface area contributed by atoms with E-state index in [4.69, 9.17) is 0 Å². The zero-order valence-electron chi connectivity index (χ0n) is 16.4. The van der Waals surface area contributed by atoms with Crippen molar-refractivity contribution in [3.63, 3.8) is 0 Å². The maximum atomic E-state index is 12.4. The summed E-state index contributed by atoms with van der Waals surface area (Å²) in [4.78, 5) is 15.0. The first-order chi connectivity index (χ1) is 11.3. The number of hydrogen-bond acceptors (Lipinski definition) is 2. The van der Waals surface area contributed by atoms with Crippen LogP contribution < -0.4 is 10.2 Å². The highest BCUT2D eigenvalue weighted by atomic mass is 16.2. The largest absolute Gasteiger partial charge is 0.371 e. The molecule has 0 unspecified atom stereocenters. The fourth-order valence-electron chi connectivity index (χ4n) is 3.50. The van der Waals surface area contributed by atoms with Crippen molar-refractivity contribution in [2.75, 3.05) is 23.3 Å². The summed E-state index contributed by atoms with van der Waals surface area (Å²) in [5, 5.41) is 3.18. The SMILES string of the molecule is CCCCCCN1CCc2cc(C)c(NC(=O)C(C)(C)C)c(C)c21. The van der Waals surface area contributed by atoms with Gasteiger partial charge in [0.1, 0.15) is 0 Å². The number of unbranched alkanes of at least 4 members (excludes halogenated alkanes) is 3. The van der Waals surface area contributed by atoms with E-state index < -0.39 is 0 Å². The first-order valence-electron chi connectivity index (χ1n) is 9.45. The van der Waals surface area contributed by atoms with E-state index in [1.54, 1.807) is 0 Å². The third kappa shape index (κ3) is 4.12. The quantitative estimate of drug-likeness (QED) is 0.724. The second kappa shape index (κ2) is 7.58. The minimum Gasteiger partial charge on any atom is -0.371 e. The molecule has 0 fully saturated rings. The van der Waals surface area contributed by atoms with Crippen molar-refractivity contribution >= 4 is 17.3 Å². The standard InChI is InChI=1S/C21H34N2O/c1-7-8-9-10-12-23-13-11-17-14-15(2)18(16(3)19(17)23)22-20(24)21(4,5)6/h14H,7-13H2,1-6H3,(H,22,24). The van der Waals surface area contributed by atoms with Crippen LogP contribution in [0.25, 0.3) is 0 Å². The summed E-state index contributed by atoms with van der Waals surface area (Å²) in [5.74, 6) is 0.0844. The van der Waals surface area contributed by atoms with Crippen LogP contribution >= 0.6 is 0 Å². The van der Waals surface area contributed by atoms with E-state index in [-0.39, 0.29) is 11.3 Å². The van der Waals surface area contributed by atoms with Gasteiger partial charge in [0.05, 0.1) is 0 Å². The van der Waals surface area contributed by atoms with Crippen molar-refractivity contribution in [1.29, 1.82) is 0 Å². The number of benzene rings is 1. The Kier molecular flexibility index (Phi) is 5.95. The van der Waals surface area contributed by atoms with Gasteiger partial charge in [-0.2, -0.15) is 0 Å². The fraction of sp³-hybridized carbons (Fsp3) is 0.667. The Labute approximate surface area is 147 Å². The number of rotatable bonds is 6. The molecule has 1 aromatic carbocycles. The summed E-state index contributed by atoms with van der Waals surface area (Å²) in [5.41, 5.74) is 5.84. The van der Waals surface area contributed by atoms with Crippen LogP contribution in [0.3, 0.4) is 0 Å². The Morgan fingerprint density at radius 2 is 1.92 bits per heavy atom. The third-order valence-electron chi connectivity index (χ3n) is 4.99. The van der Waals surface area contributed by atoms with Gasteiger partial charge in [0, 0.05) is 29.9 Å². The number of carbonyl (C=O) groups excluding carboxylic acids is 1. The Morgan fingerprint density at radius 1 is 1.21 bits per heavy atom. The van der Waals surface area contributed by atoms with E-state index in [0.29, 0.717) is 0 Å². The molecule has 1 amide bonds. The molecule has 3 nitrogen and oxygen atoms in total. The number of nitrogens with zero attached hydrogens (tertiary/aromatic N) is 1. The van der Waals surface area contributed by atoms with Crippen LogP contribution in [0.2, 0.25) is 0 Å². The van der Waals surface area contributed by atoms with Gasteiger partial charge >= 0.3 is 0 Å². The maximum Gasteiger partial charge on any atom is 0.229 e. The predicted octanol–water partition coefficient (Wildman–Crippen LogP) is 5.23. The van der Waals surface area contributed by atoms with Crippen LogP contribution in [0, 0.1) is 19.3 Å². The molecule has 0 saturated carbocycles. The molecule has 1 aliphatic heterocycles. The lowest BCUT2D eigenvalue weighted by molar-refractivity contribution is -0.123. The summed E-state index contributed by atoms with van der Waals surface area (Å²) in [6.07, 6.45) is 6.28. The van der Waals surface area contributed by atoms with Gasteiger partial charge in [-0.25, -0.2) is 0 Å². The second-order valence-corrected chi connectivity index (χ2v) is 8.20. The molecule has 0 spiro atoms. The predicted molar refractivity (Wildman–Crippen MR) is 104 cm³/mol. The fourth-order valence-corrected chi connectivity index (χ4v) is 3.50. The molecule has 1 aliphatic rings. The molecular formula is C21H34N2O. The number of hydrogen-bond donors (Lipinski definition) is 1. The van der Waals surface area contributed by atoms with Gasteiger partial charge in [-0.15, -0.1) is 0 Å². The molecule has 1 heterocycles. The molecule has 134 valence electrons. The van der Waals surface area contributed by atoms with Gasteiger partial charge in [-0.3, -0.25) is 4.79 Å². The topological polar surface area (TPSA) is 32.3 Å². The monoisotopic (exact) mass is 330 g/mol. The highest BCUT2D eigenvalue weighted by Crippen LogP contribution is 2.38. The van der Waals surface area contributed by atoms with E-state index in [9.17, 15) is 4.79 Å². The number of anilines is 2. The maximum absolute atomic E-state index is 12.4. The highest BCUT2D eigenvalue weighted by Gasteiger charge is 2.27. The number of aryl methyl sites for hydroxylation is 1. The molecule has 0 bridgehead atoms. The van der Waals surface area contributed by atoms with Crippen LogP contribution in [-0.4, -0.2) is 19.0 Å². The second-order valence-electron chi connectivity index (χ2n) is 8.20. The zero-order valence-corrected chi connectivity index (χ0v) is 16.4. The Hall–Kier alpha value is -1.51. The lowest BCUT2D eigenvalue weighted by Crippen LogP contribution is -2.29. The normalized spacial score (nSPS) is 14.0. The van der Waals surface area contributed by atoms with E-state index in [1.807, 2.05) is 20.8 Å². The summed E-state index contributed by atoms with van der Waals surface area (Å²) in [6.45, 7) is 14.6. The summed E-state index contributed by atoms with van der Waals surface area (Å²) in [6, 6.07) is 2.27. The minimum absolute atomic E-state index is 0.0844. The van der Waals surface area contributed by atoms with Gasteiger partial charge in [-0.1, -0.05) is 53.0 Å². The van der Waals surface area contributed by atoms with Crippen molar-refractivity contribution in [3.8, 4) is 0 Å². The van der Waals surface area contributed by atoms with Gasteiger partial charge in [0.25, 0.3) is 0 Å². The molecule has 1 aromatic rings. The smallest absolute Gasteiger partial charge is 0.229 e. The van der Waals surface area contributed by atoms with Crippen LogP contribution in [-0.2, 0) is 11.2 Å². The molecule has 0 atom stereocenters. The molecule has 3 heteroatoms. The zero-order chi connectivity index (χ0) is 17.9. The molecule has 0 saturated heterocycles. The molecule has 24 heavy (non-hydrogen) atoms. The van der Waals surface area contributed by atoms with Crippen molar-refractivity contribution in [1.82, 2.24) is 0 Å². The number of amides is 1. The average Bonchev–Trinajstić information content (AvgIpc) is 2.89. The van der Waals surface area contributed by atoms with Gasteiger partial charge in [0.15, 0.2) is 0 Å². The summed E-state index contributed by atoms with van der Waals surface area (Å²) in [7, 11) is 0. The number of fused-ring (bicyclic) bond motifs is 1. The van der Waals surface area contributed by atoms with E-state index in [0.717, 1.165) is 25.2 Å². The Morgan fingerprint density at radius 3 is 2.54 bits per heavy atom. The summed E-state index contributed by atoms with van der Waals surface area (Å²) >= 11 is 0. The lowest BCUT2D eigenvalue weighted by atomic mass is 9.94. The van der Waals surface area contributed by atoms with Crippen LogP contribution in [0.5, 0.6) is 0 Å². The first kappa shape index (κ1) is 18.8. The number of carbonyl (C=O) groups is 1. The van der Waals surface area contributed by atoms with E-state index in [1.165, 1.54) is 48.1 Å². The van der Waals surface area contributed by atoms with Crippen LogP contribution in [0.15, 0.2) is 6.07 Å². The molecule has 1 N–H and O–H groups in total. The Bertz CT molecular complexity index is 599. The van der Waals surface area contributed by atoms with E-state index in [2.05, 4.69) is 37.1 Å². The van der Waals surface area contributed by atoms with Crippen molar-refractivity contribution in [2.24, 2.45) is 5.41 Å².